The standard InChI is InChI=1S/C33H40N6O4S/c1-21(2)38-17-25(34-20-38)18-39-26(16-33(5,6)7)19-43-29-15-28(30-22(3)10-8-11-23(30)4)35-32(36-29)37-44(41,42)27-13-9-12-24(14-27)31(39)40/h8-15,17,20-21,26H,16,18-19H2,1-7H3,(H,35,36,37)/t26-/m1/s1. The van der Waals surface area contributed by atoms with Crippen LogP contribution in [-0.2, 0) is 16.6 Å². The Morgan fingerprint density at radius 1 is 1.05 bits per heavy atom. The molecule has 0 fully saturated rings. The van der Waals surface area contributed by atoms with Crippen molar-refractivity contribution in [1.82, 2.24) is 24.4 Å². The number of carbonyl (C=O) groups excluding carboxylic acids is 1. The number of sulfonamides is 1. The summed E-state index contributed by atoms with van der Waals surface area (Å²) in [5, 5.41) is 0. The number of carbonyl (C=O) groups is 1. The van der Waals surface area contributed by atoms with Gasteiger partial charge in [0.25, 0.3) is 15.9 Å². The second-order valence-corrected chi connectivity index (χ2v) is 14.6. The fraction of sp³-hybridized carbons (Fsp3) is 0.394. The van der Waals surface area contributed by atoms with Crippen molar-refractivity contribution in [3.8, 4) is 17.1 Å². The number of ether oxygens (including phenoxy) is 1. The number of fused-ring (bicyclic) bond motifs is 4. The Morgan fingerprint density at radius 2 is 1.75 bits per heavy atom. The van der Waals surface area contributed by atoms with Crippen LogP contribution in [-0.4, -0.2) is 51.4 Å². The van der Waals surface area contributed by atoms with Gasteiger partial charge in [0, 0.05) is 29.4 Å². The van der Waals surface area contributed by atoms with Gasteiger partial charge in [-0.25, -0.2) is 23.1 Å². The molecule has 1 aliphatic rings. The van der Waals surface area contributed by atoms with E-state index < -0.39 is 10.0 Å². The largest absolute Gasteiger partial charge is 0.475 e. The van der Waals surface area contributed by atoms with Crippen LogP contribution >= 0.6 is 0 Å². The van der Waals surface area contributed by atoms with E-state index in [2.05, 4.69) is 54.3 Å². The maximum Gasteiger partial charge on any atom is 0.264 e. The third kappa shape index (κ3) is 6.93. The molecule has 1 aliphatic heterocycles. The Morgan fingerprint density at radius 3 is 2.41 bits per heavy atom. The summed E-state index contributed by atoms with van der Waals surface area (Å²) in [5.41, 5.74) is 4.18. The van der Waals surface area contributed by atoms with Crippen LogP contribution in [0, 0.1) is 19.3 Å². The summed E-state index contributed by atoms with van der Waals surface area (Å²) < 4.78 is 38.0. The van der Waals surface area contributed by atoms with E-state index >= 15 is 0 Å². The van der Waals surface area contributed by atoms with Crippen molar-refractivity contribution in [2.75, 3.05) is 11.3 Å². The van der Waals surface area contributed by atoms with Crippen LogP contribution < -0.4 is 9.46 Å². The minimum absolute atomic E-state index is 0.0671. The van der Waals surface area contributed by atoms with Crippen LogP contribution in [0.3, 0.4) is 0 Å². The Kier molecular flexibility index (Phi) is 8.53. The van der Waals surface area contributed by atoms with E-state index in [1.165, 1.54) is 12.1 Å². The van der Waals surface area contributed by atoms with Crippen LogP contribution in [0.5, 0.6) is 5.88 Å². The Hall–Kier alpha value is -4.25. The van der Waals surface area contributed by atoms with Crippen molar-refractivity contribution in [2.45, 2.75) is 78.4 Å². The molecule has 0 radical (unpaired) electrons. The molecule has 10 nitrogen and oxygen atoms in total. The summed E-state index contributed by atoms with van der Waals surface area (Å²) in [6, 6.07) is 13.5. The number of rotatable bonds is 5. The molecule has 5 rings (SSSR count). The van der Waals surface area contributed by atoms with Gasteiger partial charge >= 0.3 is 0 Å². The first kappa shape index (κ1) is 31.2. The molecule has 0 aliphatic carbocycles. The Balaban J connectivity index is 1.67. The molecule has 44 heavy (non-hydrogen) atoms. The van der Waals surface area contributed by atoms with Gasteiger partial charge in [-0.2, -0.15) is 4.98 Å². The van der Waals surface area contributed by atoms with E-state index in [0.717, 1.165) is 22.4 Å². The number of hydrogen-bond donors (Lipinski definition) is 1. The van der Waals surface area contributed by atoms with E-state index in [4.69, 9.17) is 4.74 Å². The minimum atomic E-state index is -4.14. The molecule has 0 spiro atoms. The average Bonchev–Trinajstić information content (AvgIpc) is 3.42. The van der Waals surface area contributed by atoms with Crippen LogP contribution in [0.1, 0.15) is 74.3 Å². The fourth-order valence-corrected chi connectivity index (χ4v) is 6.45. The lowest BCUT2D eigenvalue weighted by Crippen LogP contribution is -2.45. The van der Waals surface area contributed by atoms with Gasteiger partial charge in [0.1, 0.15) is 6.61 Å². The predicted molar refractivity (Wildman–Crippen MR) is 170 cm³/mol. The molecular formula is C33H40N6O4S. The molecule has 2 aromatic heterocycles. The first-order valence-electron chi connectivity index (χ1n) is 14.7. The molecule has 0 saturated carbocycles. The van der Waals surface area contributed by atoms with Gasteiger partial charge in [0.15, 0.2) is 0 Å². The quantitative estimate of drug-likeness (QED) is 0.284. The van der Waals surface area contributed by atoms with Crippen LogP contribution in [0.25, 0.3) is 11.3 Å². The molecule has 232 valence electrons. The molecule has 2 aromatic carbocycles. The number of nitrogens with zero attached hydrogens (tertiary/aromatic N) is 5. The van der Waals surface area contributed by atoms with Crippen molar-refractivity contribution in [3.05, 3.63) is 83.4 Å². The number of benzene rings is 2. The molecule has 4 aromatic rings. The number of aromatic nitrogens is 4. The zero-order valence-electron chi connectivity index (χ0n) is 26.3. The molecule has 0 saturated heterocycles. The van der Waals surface area contributed by atoms with Crippen LogP contribution in [0.2, 0.25) is 0 Å². The maximum atomic E-state index is 14.3. The molecule has 1 N–H and O–H groups in total. The summed E-state index contributed by atoms with van der Waals surface area (Å²) in [6.45, 7) is 14.8. The monoisotopic (exact) mass is 616 g/mol. The van der Waals surface area contributed by atoms with Gasteiger partial charge in [-0.15, -0.1) is 0 Å². The molecule has 1 amide bonds. The molecule has 1 atom stereocenters. The molecular weight excluding hydrogens is 576 g/mol. The number of amides is 1. The van der Waals surface area contributed by atoms with Crippen molar-refractivity contribution >= 4 is 21.9 Å². The van der Waals surface area contributed by atoms with E-state index in [1.54, 1.807) is 29.4 Å². The minimum Gasteiger partial charge on any atom is -0.475 e. The van der Waals surface area contributed by atoms with Gasteiger partial charge < -0.3 is 14.2 Å². The molecule has 3 heterocycles. The summed E-state index contributed by atoms with van der Waals surface area (Å²) >= 11 is 0. The predicted octanol–water partition coefficient (Wildman–Crippen LogP) is 6.18. The second kappa shape index (κ2) is 12.0. The molecule has 11 heteroatoms. The van der Waals surface area contributed by atoms with E-state index in [-0.39, 0.29) is 58.8 Å². The van der Waals surface area contributed by atoms with E-state index in [9.17, 15) is 13.2 Å². The van der Waals surface area contributed by atoms with Gasteiger partial charge in [-0.05, 0) is 68.9 Å². The van der Waals surface area contributed by atoms with Gasteiger partial charge in [-0.3, -0.25) is 4.79 Å². The molecule has 0 unspecified atom stereocenters. The van der Waals surface area contributed by atoms with Gasteiger partial charge in [0.05, 0.1) is 35.2 Å². The first-order chi connectivity index (χ1) is 20.7. The zero-order chi connectivity index (χ0) is 31.8. The van der Waals surface area contributed by atoms with Crippen LogP contribution in [0.4, 0.5) is 5.95 Å². The lowest BCUT2D eigenvalue weighted by atomic mass is 9.87. The second-order valence-electron chi connectivity index (χ2n) is 12.9. The third-order valence-corrected chi connectivity index (χ3v) is 8.94. The third-order valence-electron chi connectivity index (χ3n) is 7.61. The lowest BCUT2D eigenvalue weighted by Gasteiger charge is -2.35. The van der Waals surface area contributed by atoms with E-state index in [0.29, 0.717) is 12.1 Å². The highest BCUT2D eigenvalue weighted by molar-refractivity contribution is 7.92. The fourth-order valence-electron chi connectivity index (χ4n) is 5.46. The van der Waals surface area contributed by atoms with Crippen molar-refractivity contribution in [2.24, 2.45) is 5.41 Å². The van der Waals surface area contributed by atoms with Crippen molar-refractivity contribution < 1.29 is 17.9 Å². The average molecular weight is 617 g/mol. The lowest BCUT2D eigenvalue weighted by molar-refractivity contribution is 0.0509. The van der Waals surface area contributed by atoms with E-state index in [1.807, 2.05) is 42.8 Å². The number of anilines is 1. The van der Waals surface area contributed by atoms with Gasteiger partial charge in [0.2, 0.25) is 11.8 Å². The first-order valence-corrected chi connectivity index (χ1v) is 16.2. The molecule has 4 bridgehead atoms. The van der Waals surface area contributed by atoms with Crippen molar-refractivity contribution in [3.63, 3.8) is 0 Å². The number of aryl methyl sites for hydroxylation is 2. The highest BCUT2D eigenvalue weighted by Gasteiger charge is 2.32. The van der Waals surface area contributed by atoms with Crippen molar-refractivity contribution in [1.29, 1.82) is 0 Å². The smallest absolute Gasteiger partial charge is 0.264 e. The maximum absolute atomic E-state index is 14.3. The SMILES string of the molecule is Cc1cccc(C)c1-c1cc2nc(n1)NS(=O)(=O)c1cccc(c1)C(=O)N(Cc1cn(C(C)C)cn1)[C@H](CC(C)(C)C)CO2. The number of imidazole rings is 1. The summed E-state index contributed by atoms with van der Waals surface area (Å²) in [4.78, 5) is 29.6. The number of nitrogens with one attached hydrogen (secondary N) is 1. The highest BCUT2D eigenvalue weighted by Crippen LogP contribution is 2.31. The van der Waals surface area contributed by atoms with Crippen LogP contribution in [0.15, 0.2) is 66.0 Å². The summed E-state index contributed by atoms with van der Waals surface area (Å²) in [5.74, 6) is -0.219. The Bertz CT molecular complexity index is 1770. The Labute approximate surface area is 259 Å². The topological polar surface area (TPSA) is 119 Å². The normalized spacial score (nSPS) is 16.9. The van der Waals surface area contributed by atoms with Gasteiger partial charge in [-0.1, -0.05) is 45.0 Å². The zero-order valence-corrected chi connectivity index (χ0v) is 27.1. The highest BCUT2D eigenvalue weighted by atomic mass is 32.2. The summed E-state index contributed by atoms with van der Waals surface area (Å²) in [6.07, 6.45) is 4.31. The number of hydrogen-bond acceptors (Lipinski definition) is 7. The summed E-state index contributed by atoms with van der Waals surface area (Å²) in [7, 11) is -4.14.